The molecular formula is C15H25N5O3. The van der Waals surface area contributed by atoms with E-state index in [-0.39, 0.29) is 18.1 Å². The minimum absolute atomic E-state index is 0.147. The van der Waals surface area contributed by atoms with Crippen LogP contribution < -0.4 is 21.5 Å². The fourth-order valence-electron chi connectivity index (χ4n) is 3.44. The molecule has 8 heteroatoms. The average molecular weight is 323 g/mol. The molecular weight excluding hydrogens is 298 g/mol. The molecule has 2 heterocycles. The third kappa shape index (κ3) is 3.89. The van der Waals surface area contributed by atoms with Crippen molar-refractivity contribution in [1.82, 2.24) is 26.4 Å². The Balaban J connectivity index is 1.54. The van der Waals surface area contributed by atoms with Crippen LogP contribution in [-0.2, 0) is 9.59 Å². The number of allylic oxidation sites excluding steroid dienone is 1. The van der Waals surface area contributed by atoms with Crippen LogP contribution in [0.3, 0.4) is 0 Å². The molecule has 0 saturated carbocycles. The number of hydrogen-bond acceptors (Lipinski definition) is 6. The lowest BCUT2D eigenvalue weighted by atomic mass is 9.96. The molecule has 0 bridgehead atoms. The van der Waals surface area contributed by atoms with Crippen molar-refractivity contribution < 1.29 is 14.7 Å². The van der Waals surface area contributed by atoms with Crippen LogP contribution in [0.2, 0.25) is 0 Å². The van der Waals surface area contributed by atoms with E-state index in [0.717, 1.165) is 45.4 Å². The van der Waals surface area contributed by atoms with E-state index >= 15 is 0 Å². The summed E-state index contributed by atoms with van der Waals surface area (Å²) in [5.41, 5.74) is 7.22. The summed E-state index contributed by atoms with van der Waals surface area (Å²) in [4.78, 5) is 26.0. The van der Waals surface area contributed by atoms with Crippen LogP contribution in [0.4, 0.5) is 0 Å². The molecule has 5 N–H and O–H groups in total. The van der Waals surface area contributed by atoms with Gasteiger partial charge in [-0.25, -0.2) is 15.6 Å². The molecule has 1 amide bonds. The summed E-state index contributed by atoms with van der Waals surface area (Å²) in [6.07, 6.45) is 4.81. The third-order valence-electron chi connectivity index (χ3n) is 4.80. The number of carboxylic acids is 1. The second-order valence-corrected chi connectivity index (χ2v) is 6.36. The Kier molecular flexibility index (Phi) is 5.27. The van der Waals surface area contributed by atoms with Gasteiger partial charge in [-0.2, -0.15) is 0 Å². The van der Waals surface area contributed by atoms with Crippen LogP contribution in [0.25, 0.3) is 0 Å². The van der Waals surface area contributed by atoms with Gasteiger partial charge in [-0.3, -0.25) is 9.69 Å². The summed E-state index contributed by atoms with van der Waals surface area (Å²) >= 11 is 0. The van der Waals surface area contributed by atoms with E-state index in [9.17, 15) is 14.7 Å². The van der Waals surface area contributed by atoms with Gasteiger partial charge < -0.3 is 15.7 Å². The van der Waals surface area contributed by atoms with E-state index in [1.165, 1.54) is 0 Å². The molecule has 2 saturated heterocycles. The fourth-order valence-corrected chi connectivity index (χ4v) is 3.44. The number of amides is 1. The minimum atomic E-state index is -0.920. The molecule has 0 aromatic carbocycles. The highest BCUT2D eigenvalue weighted by Gasteiger charge is 2.31. The lowest BCUT2D eigenvalue weighted by molar-refractivity contribution is -0.133. The molecule has 1 aliphatic carbocycles. The van der Waals surface area contributed by atoms with Crippen molar-refractivity contribution in [2.75, 3.05) is 19.8 Å². The first-order valence-corrected chi connectivity index (χ1v) is 8.37. The fraction of sp³-hybridized carbons (Fsp3) is 0.733. The number of carbonyl (C=O) groups excluding carboxylic acids is 1. The SMILES string of the molecule is O=C(O)C1=C(NC(=O)C2CCC(N3CCNC3)NN2)CCCC1. The largest absolute Gasteiger partial charge is 0.478 e. The van der Waals surface area contributed by atoms with Gasteiger partial charge in [0.2, 0.25) is 5.91 Å². The number of nitrogens with one attached hydrogen (secondary N) is 4. The number of carboxylic acid groups (broad SMARTS) is 1. The van der Waals surface area contributed by atoms with Crippen molar-refractivity contribution in [3.8, 4) is 0 Å². The van der Waals surface area contributed by atoms with Gasteiger partial charge in [-0.05, 0) is 38.5 Å². The average Bonchev–Trinajstić information content (AvgIpc) is 3.10. The first-order valence-electron chi connectivity index (χ1n) is 8.37. The van der Waals surface area contributed by atoms with Crippen LogP contribution in [0.5, 0.6) is 0 Å². The Hall–Kier alpha value is -1.48. The first-order chi connectivity index (χ1) is 11.1. The maximum atomic E-state index is 12.4. The normalized spacial score (nSPS) is 29.6. The number of aliphatic carboxylic acids is 1. The molecule has 0 aromatic rings. The molecule has 8 nitrogen and oxygen atoms in total. The Morgan fingerprint density at radius 3 is 2.65 bits per heavy atom. The highest BCUT2D eigenvalue weighted by molar-refractivity contribution is 5.90. The van der Waals surface area contributed by atoms with Gasteiger partial charge in [0, 0.05) is 25.5 Å². The van der Waals surface area contributed by atoms with Crippen molar-refractivity contribution in [3.63, 3.8) is 0 Å². The second kappa shape index (κ2) is 7.39. The zero-order valence-corrected chi connectivity index (χ0v) is 13.2. The molecule has 2 atom stereocenters. The van der Waals surface area contributed by atoms with Crippen LogP contribution >= 0.6 is 0 Å². The van der Waals surface area contributed by atoms with E-state index in [2.05, 4.69) is 26.4 Å². The zero-order chi connectivity index (χ0) is 16.2. The van der Waals surface area contributed by atoms with E-state index in [0.29, 0.717) is 24.1 Å². The minimum Gasteiger partial charge on any atom is -0.478 e. The van der Waals surface area contributed by atoms with Gasteiger partial charge in [0.1, 0.15) is 6.04 Å². The quantitative estimate of drug-likeness (QED) is 0.473. The molecule has 23 heavy (non-hydrogen) atoms. The summed E-state index contributed by atoms with van der Waals surface area (Å²) in [6, 6.07) is -0.328. The molecule has 2 aliphatic heterocycles. The number of carbonyl (C=O) groups is 2. The highest BCUT2D eigenvalue weighted by Crippen LogP contribution is 2.23. The predicted molar refractivity (Wildman–Crippen MR) is 83.9 cm³/mol. The van der Waals surface area contributed by atoms with Gasteiger partial charge >= 0.3 is 5.97 Å². The van der Waals surface area contributed by atoms with Gasteiger partial charge in [0.15, 0.2) is 0 Å². The highest BCUT2D eigenvalue weighted by atomic mass is 16.4. The number of nitrogens with zero attached hydrogens (tertiary/aromatic N) is 1. The third-order valence-corrected chi connectivity index (χ3v) is 4.80. The standard InChI is InChI=1S/C15H25N5O3/c21-14(17-11-4-2-1-3-10(11)15(22)23)12-5-6-13(19-18-12)20-8-7-16-9-20/h12-13,16,18-19H,1-9H2,(H,17,21)(H,22,23). The first kappa shape index (κ1) is 16.4. The number of rotatable bonds is 4. The Morgan fingerprint density at radius 2 is 2.00 bits per heavy atom. The topological polar surface area (TPSA) is 106 Å². The van der Waals surface area contributed by atoms with Crippen LogP contribution in [0, 0.1) is 0 Å². The molecule has 2 fully saturated rings. The van der Waals surface area contributed by atoms with Gasteiger partial charge in [0.05, 0.1) is 11.7 Å². The van der Waals surface area contributed by atoms with Crippen molar-refractivity contribution >= 4 is 11.9 Å². The summed E-state index contributed by atoms with van der Waals surface area (Å²) in [7, 11) is 0. The van der Waals surface area contributed by atoms with Gasteiger partial charge in [0.25, 0.3) is 0 Å². The van der Waals surface area contributed by atoms with Crippen molar-refractivity contribution in [1.29, 1.82) is 0 Å². The van der Waals surface area contributed by atoms with Gasteiger partial charge in [-0.1, -0.05) is 0 Å². The summed E-state index contributed by atoms with van der Waals surface area (Å²) in [5.74, 6) is -1.07. The monoisotopic (exact) mass is 323 g/mol. The lowest BCUT2D eigenvalue weighted by Gasteiger charge is -2.35. The maximum absolute atomic E-state index is 12.4. The summed E-state index contributed by atoms with van der Waals surface area (Å²) < 4.78 is 0. The van der Waals surface area contributed by atoms with E-state index < -0.39 is 5.97 Å². The Morgan fingerprint density at radius 1 is 1.17 bits per heavy atom. The van der Waals surface area contributed by atoms with Crippen LogP contribution in [0.1, 0.15) is 38.5 Å². The van der Waals surface area contributed by atoms with E-state index in [1.807, 2.05) is 0 Å². The maximum Gasteiger partial charge on any atom is 0.333 e. The van der Waals surface area contributed by atoms with E-state index in [4.69, 9.17) is 0 Å². The van der Waals surface area contributed by atoms with Crippen molar-refractivity contribution in [3.05, 3.63) is 11.3 Å². The Labute approximate surface area is 135 Å². The second-order valence-electron chi connectivity index (χ2n) is 6.36. The summed E-state index contributed by atoms with van der Waals surface area (Å²) in [5, 5.41) is 15.4. The molecule has 0 spiro atoms. The van der Waals surface area contributed by atoms with Crippen molar-refractivity contribution in [2.24, 2.45) is 0 Å². The predicted octanol–water partition coefficient (Wildman–Crippen LogP) is -0.539. The molecule has 2 unspecified atom stereocenters. The lowest BCUT2D eigenvalue weighted by Crippen LogP contribution is -2.61. The molecule has 3 aliphatic rings. The molecule has 0 radical (unpaired) electrons. The number of hydrazine groups is 1. The van der Waals surface area contributed by atoms with Crippen molar-refractivity contribution in [2.45, 2.75) is 50.7 Å². The smallest absolute Gasteiger partial charge is 0.333 e. The molecule has 128 valence electrons. The van der Waals surface area contributed by atoms with Crippen LogP contribution in [-0.4, -0.2) is 53.8 Å². The number of hydrogen-bond donors (Lipinski definition) is 5. The molecule has 3 rings (SSSR count). The van der Waals surface area contributed by atoms with E-state index in [1.54, 1.807) is 0 Å². The Bertz CT molecular complexity index is 493. The zero-order valence-electron chi connectivity index (χ0n) is 13.2. The van der Waals surface area contributed by atoms with Crippen LogP contribution in [0.15, 0.2) is 11.3 Å². The summed E-state index contributed by atoms with van der Waals surface area (Å²) in [6.45, 7) is 2.87. The molecule has 0 aromatic heterocycles. The van der Waals surface area contributed by atoms with Gasteiger partial charge in [-0.15, -0.1) is 0 Å².